The van der Waals surface area contributed by atoms with Gasteiger partial charge in [-0.1, -0.05) is 31.5 Å². The van der Waals surface area contributed by atoms with Gasteiger partial charge in [0.05, 0.1) is 11.3 Å². The lowest BCUT2D eigenvalue weighted by Crippen LogP contribution is -2.19. The van der Waals surface area contributed by atoms with Crippen LogP contribution in [-0.2, 0) is 6.42 Å². The molecule has 0 atom stereocenters. The van der Waals surface area contributed by atoms with Crippen LogP contribution in [-0.4, -0.2) is 30.6 Å². The Kier molecular flexibility index (Phi) is 4.52. The predicted molar refractivity (Wildman–Crippen MR) is 107 cm³/mol. The van der Waals surface area contributed by atoms with Gasteiger partial charge in [0.2, 0.25) is 5.95 Å². The number of carbonyl (C=O) groups is 1. The molecule has 0 saturated carbocycles. The number of fused-ring (bicyclic) bond motifs is 1. The third kappa shape index (κ3) is 3.32. The molecular weight excluding hydrogens is 356 g/mol. The first kappa shape index (κ1) is 17.7. The second-order valence-corrected chi connectivity index (χ2v) is 6.60. The summed E-state index contributed by atoms with van der Waals surface area (Å²) in [5.74, 6) is 0.438. The van der Waals surface area contributed by atoms with Crippen molar-refractivity contribution in [2.45, 2.75) is 26.7 Å². The Labute approximate surface area is 160 Å². The number of hydrogen-bond acceptors (Lipinski definition) is 4. The van der Waals surface area contributed by atoms with E-state index in [9.17, 15) is 9.59 Å². The van der Waals surface area contributed by atoms with Gasteiger partial charge in [-0.15, -0.1) is 0 Å². The first-order valence-electron chi connectivity index (χ1n) is 9.10. The first-order valence-corrected chi connectivity index (χ1v) is 9.10. The van der Waals surface area contributed by atoms with Crippen LogP contribution >= 0.6 is 0 Å². The van der Waals surface area contributed by atoms with Gasteiger partial charge in [-0.2, -0.15) is 9.78 Å². The van der Waals surface area contributed by atoms with Gasteiger partial charge < -0.3 is 10.3 Å². The minimum absolute atomic E-state index is 0.254. The first-order chi connectivity index (χ1) is 13.5. The number of nitrogens with zero attached hydrogens (tertiary/aromatic N) is 3. The number of nitrogens with one attached hydrogen (secondary N) is 3. The molecule has 0 aliphatic rings. The molecule has 3 aromatic heterocycles. The van der Waals surface area contributed by atoms with Crippen molar-refractivity contribution in [3.63, 3.8) is 0 Å². The molecule has 3 heterocycles. The molecule has 142 valence electrons. The van der Waals surface area contributed by atoms with E-state index in [4.69, 9.17) is 0 Å². The second-order valence-electron chi connectivity index (χ2n) is 6.60. The van der Waals surface area contributed by atoms with Gasteiger partial charge in [0.1, 0.15) is 5.82 Å². The summed E-state index contributed by atoms with van der Waals surface area (Å²) in [5.41, 5.74) is 2.54. The van der Waals surface area contributed by atoms with Gasteiger partial charge in [0.15, 0.2) is 0 Å². The van der Waals surface area contributed by atoms with Crippen LogP contribution in [0.25, 0.3) is 16.9 Å². The van der Waals surface area contributed by atoms with E-state index in [1.54, 1.807) is 12.3 Å². The van der Waals surface area contributed by atoms with E-state index in [0.717, 1.165) is 17.3 Å². The van der Waals surface area contributed by atoms with Crippen molar-refractivity contribution in [1.82, 2.24) is 24.7 Å². The molecule has 0 radical (unpaired) electrons. The summed E-state index contributed by atoms with van der Waals surface area (Å²) < 4.78 is 1.45. The third-order valence-corrected chi connectivity index (χ3v) is 4.40. The van der Waals surface area contributed by atoms with Crippen LogP contribution < -0.4 is 10.9 Å². The number of aryl methyl sites for hydroxylation is 2. The summed E-state index contributed by atoms with van der Waals surface area (Å²) in [6.07, 6.45) is 3.24. The number of hydrogen-bond donors (Lipinski definition) is 3. The number of anilines is 1. The zero-order chi connectivity index (χ0) is 19.7. The van der Waals surface area contributed by atoms with E-state index in [0.29, 0.717) is 29.2 Å². The Morgan fingerprint density at radius 1 is 1.25 bits per heavy atom. The van der Waals surface area contributed by atoms with Crippen LogP contribution in [0.1, 0.15) is 35.1 Å². The highest BCUT2D eigenvalue weighted by molar-refractivity contribution is 6.12. The summed E-state index contributed by atoms with van der Waals surface area (Å²) in [7, 11) is 0. The summed E-state index contributed by atoms with van der Waals surface area (Å²) in [5, 5.41) is 8.09. The molecule has 28 heavy (non-hydrogen) atoms. The normalized spacial score (nSPS) is 11.1. The van der Waals surface area contributed by atoms with Gasteiger partial charge >= 0.3 is 0 Å². The quantitative estimate of drug-likeness (QED) is 0.497. The molecule has 4 rings (SSSR count). The maximum absolute atomic E-state index is 12.9. The molecule has 0 aliphatic heterocycles. The summed E-state index contributed by atoms with van der Waals surface area (Å²) in [4.78, 5) is 35.1. The van der Waals surface area contributed by atoms with Crippen LogP contribution in [0.2, 0.25) is 0 Å². The van der Waals surface area contributed by atoms with E-state index in [-0.39, 0.29) is 17.4 Å². The van der Waals surface area contributed by atoms with Crippen molar-refractivity contribution in [1.29, 1.82) is 0 Å². The number of benzene rings is 1. The largest absolute Gasteiger partial charge is 0.360 e. The van der Waals surface area contributed by atoms with Gasteiger partial charge in [0, 0.05) is 34.9 Å². The molecule has 0 unspecified atom stereocenters. The third-order valence-electron chi connectivity index (χ3n) is 4.40. The SMILES string of the molecule is CCCc1cc(=O)[nH]c(-n2nc(C)cc2NC(=O)c2c[nH]c3ccccc23)n1. The molecule has 8 heteroatoms. The average molecular weight is 376 g/mol. The van der Waals surface area contributed by atoms with Crippen molar-refractivity contribution < 1.29 is 4.79 Å². The number of para-hydroxylation sites is 1. The van der Waals surface area contributed by atoms with Crippen LogP contribution in [0.15, 0.2) is 47.4 Å². The Morgan fingerprint density at radius 2 is 2.07 bits per heavy atom. The van der Waals surface area contributed by atoms with Crippen LogP contribution in [0, 0.1) is 6.92 Å². The highest BCUT2D eigenvalue weighted by Crippen LogP contribution is 2.20. The molecule has 4 aromatic rings. The standard InChI is InChI=1S/C20H20N6O2/c1-3-6-13-10-18(27)24-20(22-13)26-17(9-12(2)25-26)23-19(28)15-11-21-16-8-5-4-7-14(15)16/h4-5,7-11,21H,3,6H2,1-2H3,(H,23,28)(H,22,24,27). The van der Waals surface area contributed by atoms with Crippen molar-refractivity contribution in [3.8, 4) is 5.95 Å². The Morgan fingerprint density at radius 3 is 2.89 bits per heavy atom. The summed E-state index contributed by atoms with van der Waals surface area (Å²) >= 11 is 0. The predicted octanol–water partition coefficient (Wildman–Crippen LogP) is 2.95. The fourth-order valence-electron chi connectivity index (χ4n) is 3.17. The maximum atomic E-state index is 12.9. The number of rotatable bonds is 5. The smallest absolute Gasteiger partial charge is 0.258 e. The summed E-state index contributed by atoms with van der Waals surface area (Å²) in [6.45, 7) is 3.83. The van der Waals surface area contributed by atoms with E-state index in [1.807, 2.05) is 38.1 Å². The second kappa shape index (κ2) is 7.15. The van der Waals surface area contributed by atoms with Crippen molar-refractivity contribution in [2.75, 3.05) is 5.32 Å². The topological polar surface area (TPSA) is 108 Å². The number of aromatic amines is 2. The zero-order valence-corrected chi connectivity index (χ0v) is 15.6. The molecule has 0 fully saturated rings. The van der Waals surface area contributed by atoms with Crippen LogP contribution in [0.4, 0.5) is 5.82 Å². The van der Waals surface area contributed by atoms with Gasteiger partial charge in [-0.3, -0.25) is 14.6 Å². The molecule has 1 amide bonds. The average Bonchev–Trinajstić information content (AvgIpc) is 3.25. The van der Waals surface area contributed by atoms with E-state index in [1.165, 1.54) is 10.7 Å². The zero-order valence-electron chi connectivity index (χ0n) is 15.6. The van der Waals surface area contributed by atoms with Crippen LogP contribution in [0.3, 0.4) is 0 Å². The lowest BCUT2D eigenvalue weighted by Gasteiger charge is -2.09. The minimum Gasteiger partial charge on any atom is -0.360 e. The van der Waals surface area contributed by atoms with E-state index < -0.39 is 0 Å². The van der Waals surface area contributed by atoms with Gasteiger partial charge in [-0.25, -0.2) is 4.98 Å². The summed E-state index contributed by atoms with van der Waals surface area (Å²) in [6, 6.07) is 10.8. The maximum Gasteiger partial charge on any atom is 0.258 e. The van der Waals surface area contributed by atoms with E-state index in [2.05, 4.69) is 25.4 Å². The minimum atomic E-state index is -0.273. The molecule has 1 aromatic carbocycles. The van der Waals surface area contributed by atoms with Crippen molar-refractivity contribution >= 4 is 22.6 Å². The van der Waals surface area contributed by atoms with Crippen molar-refractivity contribution in [3.05, 3.63) is 69.9 Å². The Balaban J connectivity index is 1.71. The molecule has 3 N–H and O–H groups in total. The Bertz CT molecular complexity index is 1220. The molecule has 0 aliphatic carbocycles. The lowest BCUT2D eigenvalue weighted by atomic mass is 10.1. The number of amides is 1. The fourth-order valence-corrected chi connectivity index (χ4v) is 3.17. The number of carbonyl (C=O) groups excluding carboxylic acids is 1. The highest BCUT2D eigenvalue weighted by Gasteiger charge is 2.17. The van der Waals surface area contributed by atoms with Gasteiger partial charge in [-0.05, 0) is 19.4 Å². The number of aromatic nitrogens is 5. The molecule has 8 nitrogen and oxygen atoms in total. The highest BCUT2D eigenvalue weighted by atomic mass is 16.2. The van der Waals surface area contributed by atoms with E-state index >= 15 is 0 Å². The molecule has 0 spiro atoms. The monoisotopic (exact) mass is 376 g/mol. The molecule has 0 bridgehead atoms. The molecule has 0 saturated heterocycles. The fraction of sp³-hybridized carbons (Fsp3) is 0.200. The Hall–Kier alpha value is -3.68. The lowest BCUT2D eigenvalue weighted by molar-refractivity contribution is 0.102. The van der Waals surface area contributed by atoms with Gasteiger partial charge in [0.25, 0.3) is 11.5 Å². The number of H-pyrrole nitrogens is 2. The van der Waals surface area contributed by atoms with Crippen molar-refractivity contribution in [2.24, 2.45) is 0 Å². The van der Waals surface area contributed by atoms with Crippen LogP contribution in [0.5, 0.6) is 0 Å². The molecular formula is C20H20N6O2.